The summed E-state index contributed by atoms with van der Waals surface area (Å²) in [6.07, 6.45) is 0. The normalized spacial score (nSPS) is 11.7. The van der Waals surface area contributed by atoms with Gasteiger partial charge in [-0.05, 0) is 31.5 Å². The van der Waals surface area contributed by atoms with Crippen LogP contribution in [0.5, 0.6) is 0 Å². The van der Waals surface area contributed by atoms with Gasteiger partial charge in [0.15, 0.2) is 5.82 Å². The fraction of sp³-hybridized carbons (Fsp3) is 0.227. The summed E-state index contributed by atoms with van der Waals surface area (Å²) >= 11 is 1.29. The SMILES string of the molecule is Cc1cc(NC(=O)[C@H](C)SCC(=O)N(Cc2ccccc2)c2ccccc2)no1. The fourth-order valence-electron chi connectivity index (χ4n) is 2.70. The van der Waals surface area contributed by atoms with Crippen LogP contribution in [0, 0.1) is 6.92 Å². The number of hydrogen-bond donors (Lipinski definition) is 1. The van der Waals surface area contributed by atoms with E-state index in [4.69, 9.17) is 4.52 Å². The molecule has 1 N–H and O–H groups in total. The molecule has 0 radical (unpaired) electrons. The van der Waals surface area contributed by atoms with Gasteiger partial charge >= 0.3 is 0 Å². The van der Waals surface area contributed by atoms with E-state index in [9.17, 15) is 9.59 Å². The van der Waals surface area contributed by atoms with Crippen LogP contribution in [0.2, 0.25) is 0 Å². The second-order valence-corrected chi connectivity index (χ2v) is 7.90. The third kappa shape index (κ3) is 5.96. The molecule has 2 aromatic carbocycles. The van der Waals surface area contributed by atoms with Gasteiger partial charge in [-0.1, -0.05) is 53.7 Å². The number of amides is 2. The van der Waals surface area contributed by atoms with Crippen molar-refractivity contribution in [3.63, 3.8) is 0 Å². The number of thioether (sulfide) groups is 1. The van der Waals surface area contributed by atoms with E-state index < -0.39 is 5.25 Å². The van der Waals surface area contributed by atoms with Crippen molar-refractivity contribution in [2.24, 2.45) is 0 Å². The van der Waals surface area contributed by atoms with Gasteiger partial charge < -0.3 is 14.7 Å². The number of benzene rings is 2. The fourth-order valence-corrected chi connectivity index (χ4v) is 3.46. The largest absolute Gasteiger partial charge is 0.360 e. The maximum atomic E-state index is 13.0. The number of anilines is 2. The summed E-state index contributed by atoms with van der Waals surface area (Å²) < 4.78 is 4.95. The van der Waals surface area contributed by atoms with Gasteiger partial charge in [0.25, 0.3) is 0 Å². The number of rotatable bonds is 8. The first kappa shape index (κ1) is 20.7. The monoisotopic (exact) mass is 409 g/mol. The van der Waals surface area contributed by atoms with E-state index in [-0.39, 0.29) is 17.6 Å². The molecule has 0 aliphatic heterocycles. The lowest BCUT2D eigenvalue weighted by atomic mass is 10.2. The predicted octanol–water partition coefficient (Wildman–Crippen LogP) is 4.28. The number of hydrogen-bond acceptors (Lipinski definition) is 5. The first-order valence-corrected chi connectivity index (χ1v) is 10.3. The Balaban J connectivity index is 1.62. The average Bonchev–Trinajstić information content (AvgIpc) is 3.15. The van der Waals surface area contributed by atoms with Crippen LogP contribution in [-0.4, -0.2) is 28.0 Å². The van der Waals surface area contributed by atoms with Crippen LogP contribution < -0.4 is 10.2 Å². The maximum Gasteiger partial charge on any atom is 0.238 e. The quantitative estimate of drug-likeness (QED) is 0.601. The molecule has 0 fully saturated rings. The molecule has 0 saturated heterocycles. The third-order valence-corrected chi connectivity index (χ3v) is 5.39. The number of carbonyl (C=O) groups is 2. The number of nitrogens with zero attached hydrogens (tertiary/aromatic N) is 2. The molecule has 0 aliphatic rings. The van der Waals surface area contributed by atoms with Gasteiger partial charge in [-0.2, -0.15) is 0 Å². The van der Waals surface area contributed by atoms with Crippen LogP contribution in [0.15, 0.2) is 71.3 Å². The molecular formula is C22H23N3O3S. The Morgan fingerprint density at radius 1 is 1.10 bits per heavy atom. The highest BCUT2D eigenvalue weighted by atomic mass is 32.2. The molecule has 1 atom stereocenters. The highest BCUT2D eigenvalue weighted by Crippen LogP contribution is 2.21. The standard InChI is InChI=1S/C22H23N3O3S/c1-16-13-20(24-28-16)23-22(27)17(2)29-15-21(26)25(19-11-7-4-8-12-19)14-18-9-5-3-6-10-18/h3-13,17H,14-15H2,1-2H3,(H,23,24,27)/t17-/m0/s1. The summed E-state index contributed by atoms with van der Waals surface area (Å²) in [5.74, 6) is 0.914. The zero-order chi connectivity index (χ0) is 20.6. The summed E-state index contributed by atoms with van der Waals surface area (Å²) in [6.45, 7) is 4.00. The van der Waals surface area contributed by atoms with E-state index in [0.717, 1.165) is 11.3 Å². The van der Waals surface area contributed by atoms with Crippen molar-refractivity contribution in [2.45, 2.75) is 25.6 Å². The highest BCUT2D eigenvalue weighted by molar-refractivity contribution is 8.01. The van der Waals surface area contributed by atoms with Crippen LogP contribution in [0.1, 0.15) is 18.2 Å². The van der Waals surface area contributed by atoms with E-state index in [0.29, 0.717) is 18.1 Å². The lowest BCUT2D eigenvalue weighted by molar-refractivity contribution is -0.116. The summed E-state index contributed by atoms with van der Waals surface area (Å²) in [5.41, 5.74) is 1.87. The van der Waals surface area contributed by atoms with Crippen molar-refractivity contribution in [1.82, 2.24) is 5.16 Å². The number of aromatic nitrogens is 1. The van der Waals surface area contributed by atoms with Crippen LogP contribution in [-0.2, 0) is 16.1 Å². The Morgan fingerprint density at radius 3 is 2.38 bits per heavy atom. The Labute approximate surface area is 174 Å². The predicted molar refractivity (Wildman–Crippen MR) is 116 cm³/mol. The summed E-state index contributed by atoms with van der Waals surface area (Å²) in [5, 5.41) is 6.04. The highest BCUT2D eigenvalue weighted by Gasteiger charge is 2.21. The molecular weight excluding hydrogens is 386 g/mol. The minimum absolute atomic E-state index is 0.0537. The van der Waals surface area contributed by atoms with E-state index in [1.807, 2.05) is 60.7 Å². The molecule has 0 unspecified atom stereocenters. The maximum absolute atomic E-state index is 13.0. The molecule has 0 spiro atoms. The molecule has 3 rings (SSSR count). The number of nitrogens with one attached hydrogen (secondary N) is 1. The Hall–Kier alpha value is -3.06. The third-order valence-electron chi connectivity index (χ3n) is 4.26. The van der Waals surface area contributed by atoms with E-state index in [1.165, 1.54) is 11.8 Å². The summed E-state index contributed by atoms with van der Waals surface area (Å²) in [4.78, 5) is 27.1. The molecule has 3 aromatic rings. The molecule has 6 nitrogen and oxygen atoms in total. The minimum atomic E-state index is -0.412. The van der Waals surface area contributed by atoms with Gasteiger partial charge in [-0.15, -0.1) is 11.8 Å². The number of aryl methyl sites for hydroxylation is 1. The van der Waals surface area contributed by atoms with Crippen molar-refractivity contribution in [3.05, 3.63) is 78.1 Å². The Morgan fingerprint density at radius 2 is 1.76 bits per heavy atom. The van der Waals surface area contributed by atoms with Crippen molar-refractivity contribution < 1.29 is 14.1 Å². The molecule has 1 aromatic heterocycles. The van der Waals surface area contributed by atoms with Crippen LogP contribution in [0.25, 0.3) is 0 Å². The van der Waals surface area contributed by atoms with E-state index >= 15 is 0 Å². The molecule has 0 saturated carbocycles. The van der Waals surface area contributed by atoms with Crippen molar-refractivity contribution in [1.29, 1.82) is 0 Å². The van der Waals surface area contributed by atoms with E-state index in [1.54, 1.807) is 24.8 Å². The number of carbonyl (C=O) groups excluding carboxylic acids is 2. The smallest absolute Gasteiger partial charge is 0.238 e. The minimum Gasteiger partial charge on any atom is -0.360 e. The van der Waals surface area contributed by atoms with E-state index in [2.05, 4.69) is 10.5 Å². The average molecular weight is 410 g/mol. The zero-order valence-corrected chi connectivity index (χ0v) is 17.2. The van der Waals surface area contributed by atoms with Crippen molar-refractivity contribution in [2.75, 3.05) is 16.0 Å². The van der Waals surface area contributed by atoms with Crippen molar-refractivity contribution >= 4 is 35.1 Å². The summed E-state index contributed by atoms with van der Waals surface area (Å²) in [6, 6.07) is 21.0. The molecule has 1 heterocycles. The molecule has 7 heteroatoms. The second-order valence-electron chi connectivity index (χ2n) is 6.57. The van der Waals surface area contributed by atoms with Crippen LogP contribution >= 0.6 is 11.8 Å². The first-order valence-electron chi connectivity index (χ1n) is 9.28. The molecule has 0 bridgehead atoms. The Kier molecular flexibility index (Phi) is 7.08. The molecule has 2 amide bonds. The van der Waals surface area contributed by atoms with Crippen molar-refractivity contribution in [3.8, 4) is 0 Å². The van der Waals surface area contributed by atoms with Gasteiger partial charge in [0.05, 0.1) is 17.5 Å². The number of para-hydroxylation sites is 1. The van der Waals surface area contributed by atoms with Gasteiger partial charge in [0, 0.05) is 11.8 Å². The lowest BCUT2D eigenvalue weighted by Crippen LogP contribution is -2.33. The van der Waals surface area contributed by atoms with Gasteiger partial charge in [-0.3, -0.25) is 9.59 Å². The topological polar surface area (TPSA) is 75.4 Å². The van der Waals surface area contributed by atoms with Gasteiger partial charge in [0.2, 0.25) is 11.8 Å². The second kappa shape index (κ2) is 9.93. The van der Waals surface area contributed by atoms with Gasteiger partial charge in [0.1, 0.15) is 5.76 Å². The summed E-state index contributed by atoms with van der Waals surface area (Å²) in [7, 11) is 0. The Bertz CT molecular complexity index is 944. The zero-order valence-electron chi connectivity index (χ0n) is 16.4. The molecule has 29 heavy (non-hydrogen) atoms. The van der Waals surface area contributed by atoms with Crippen LogP contribution in [0.4, 0.5) is 11.5 Å². The van der Waals surface area contributed by atoms with Gasteiger partial charge in [-0.25, -0.2) is 0 Å². The first-order chi connectivity index (χ1) is 14.0. The molecule has 0 aliphatic carbocycles. The lowest BCUT2D eigenvalue weighted by Gasteiger charge is -2.23. The van der Waals surface area contributed by atoms with Crippen LogP contribution in [0.3, 0.4) is 0 Å². The molecule has 150 valence electrons.